The van der Waals surface area contributed by atoms with Crippen molar-refractivity contribution >= 4 is 12.0 Å². The van der Waals surface area contributed by atoms with E-state index < -0.39 is 17.5 Å². The second-order valence-electron chi connectivity index (χ2n) is 2.68. The van der Waals surface area contributed by atoms with Crippen LogP contribution in [-0.2, 0) is 6.18 Å². The lowest BCUT2D eigenvalue weighted by molar-refractivity contribution is -0.137. The zero-order chi connectivity index (χ0) is 11.5. The topological polar surface area (TPSA) is 49.7 Å². The minimum Gasteiger partial charge on any atom is -0.411 e. The van der Waals surface area contributed by atoms with Crippen molar-refractivity contribution in [1.29, 1.82) is 0 Å². The number of carbonyl (C=O) groups excluding carboxylic acids is 1. The number of oxime groups is 1. The summed E-state index contributed by atoms with van der Waals surface area (Å²) in [6.07, 6.45) is -3.81. The molecule has 0 aliphatic heterocycles. The Morgan fingerprint density at radius 3 is 2.20 bits per heavy atom. The maximum Gasteiger partial charge on any atom is 0.416 e. The molecular formula is C9H6F3NO2. The van der Waals surface area contributed by atoms with Gasteiger partial charge in [-0.2, -0.15) is 13.2 Å². The van der Waals surface area contributed by atoms with Crippen molar-refractivity contribution in [3.05, 3.63) is 35.4 Å². The molecule has 0 saturated heterocycles. The average Bonchev–Trinajstić information content (AvgIpc) is 2.17. The highest BCUT2D eigenvalue weighted by Gasteiger charge is 2.30. The zero-order valence-electron chi connectivity index (χ0n) is 7.32. The molecule has 3 nitrogen and oxygen atoms in total. The number of ketones is 1. The SMILES string of the molecule is O=C(C=NO)c1ccc(C(F)(F)F)cc1. The Morgan fingerprint density at radius 1 is 1.27 bits per heavy atom. The molecule has 0 atom stereocenters. The number of Topliss-reactive ketones (excluding diaryl/α,β-unsaturated/α-hetero) is 1. The van der Waals surface area contributed by atoms with Gasteiger partial charge in [-0.1, -0.05) is 17.3 Å². The summed E-state index contributed by atoms with van der Waals surface area (Å²) in [5.41, 5.74) is -0.805. The van der Waals surface area contributed by atoms with Crippen LogP contribution in [0.5, 0.6) is 0 Å². The molecular weight excluding hydrogens is 211 g/mol. The molecule has 0 spiro atoms. The van der Waals surface area contributed by atoms with Crippen molar-refractivity contribution < 1.29 is 23.2 Å². The van der Waals surface area contributed by atoms with Crippen LogP contribution in [-0.4, -0.2) is 17.2 Å². The van der Waals surface area contributed by atoms with Crippen molar-refractivity contribution in [2.24, 2.45) is 5.16 Å². The Balaban J connectivity index is 2.95. The summed E-state index contributed by atoms with van der Waals surface area (Å²) in [5.74, 6) is -0.661. The van der Waals surface area contributed by atoms with E-state index in [2.05, 4.69) is 5.16 Å². The van der Waals surface area contributed by atoms with E-state index in [9.17, 15) is 18.0 Å². The molecule has 6 heteroatoms. The number of alkyl halides is 3. The van der Waals surface area contributed by atoms with Crippen LogP contribution in [0.2, 0.25) is 0 Å². The molecule has 0 bridgehead atoms. The Kier molecular flexibility index (Phi) is 3.08. The molecule has 80 valence electrons. The third-order valence-corrected chi connectivity index (χ3v) is 1.67. The third-order valence-electron chi connectivity index (χ3n) is 1.67. The number of rotatable bonds is 2. The lowest BCUT2D eigenvalue weighted by Gasteiger charge is -2.05. The van der Waals surface area contributed by atoms with Gasteiger partial charge in [0.2, 0.25) is 5.78 Å². The molecule has 0 saturated carbocycles. The smallest absolute Gasteiger partial charge is 0.411 e. The summed E-state index contributed by atoms with van der Waals surface area (Å²) in [5, 5.41) is 10.5. The molecule has 0 aromatic heterocycles. The van der Waals surface area contributed by atoms with E-state index in [4.69, 9.17) is 5.21 Å². The Hall–Kier alpha value is -1.85. The molecule has 1 rings (SSSR count). The molecule has 1 aromatic rings. The van der Waals surface area contributed by atoms with Crippen LogP contribution in [0.3, 0.4) is 0 Å². The van der Waals surface area contributed by atoms with Crippen LogP contribution in [0.4, 0.5) is 13.2 Å². The van der Waals surface area contributed by atoms with Gasteiger partial charge in [-0.25, -0.2) is 0 Å². The Labute approximate surface area is 82.8 Å². The largest absolute Gasteiger partial charge is 0.416 e. The van der Waals surface area contributed by atoms with Gasteiger partial charge in [0.1, 0.15) is 6.21 Å². The number of halogens is 3. The maximum atomic E-state index is 12.1. The minimum absolute atomic E-state index is 0.0285. The summed E-state index contributed by atoms with van der Waals surface area (Å²) < 4.78 is 36.4. The summed E-state index contributed by atoms with van der Waals surface area (Å²) in [7, 11) is 0. The summed E-state index contributed by atoms with van der Waals surface area (Å²) in [6, 6.07) is 3.62. The molecule has 1 aromatic carbocycles. The first-order valence-corrected chi connectivity index (χ1v) is 3.84. The van der Waals surface area contributed by atoms with Crippen molar-refractivity contribution in [3.63, 3.8) is 0 Å². The summed E-state index contributed by atoms with van der Waals surface area (Å²) >= 11 is 0. The van der Waals surface area contributed by atoms with Crippen molar-refractivity contribution in [2.75, 3.05) is 0 Å². The van der Waals surface area contributed by atoms with Crippen LogP contribution in [0.15, 0.2) is 29.4 Å². The molecule has 0 aliphatic carbocycles. The van der Waals surface area contributed by atoms with Crippen molar-refractivity contribution in [3.8, 4) is 0 Å². The van der Waals surface area contributed by atoms with Gasteiger partial charge in [0.15, 0.2) is 0 Å². The van der Waals surface area contributed by atoms with Crippen LogP contribution >= 0.6 is 0 Å². The van der Waals surface area contributed by atoms with Gasteiger partial charge in [-0.3, -0.25) is 4.79 Å². The van der Waals surface area contributed by atoms with E-state index in [1.165, 1.54) is 0 Å². The van der Waals surface area contributed by atoms with Gasteiger partial charge in [-0.05, 0) is 12.1 Å². The fourth-order valence-electron chi connectivity index (χ4n) is 0.950. The second-order valence-corrected chi connectivity index (χ2v) is 2.68. The number of nitrogens with zero attached hydrogens (tertiary/aromatic N) is 1. The molecule has 0 fully saturated rings. The number of hydrogen-bond acceptors (Lipinski definition) is 3. The quantitative estimate of drug-likeness (QED) is 0.357. The Morgan fingerprint density at radius 2 is 1.80 bits per heavy atom. The standard InChI is InChI=1S/C9H6F3NO2/c10-9(11,12)7-3-1-6(2-4-7)8(14)5-13-15/h1-5,15H. The first-order valence-electron chi connectivity index (χ1n) is 3.84. The predicted octanol–water partition coefficient (Wildman–Crippen LogP) is 2.35. The van der Waals surface area contributed by atoms with E-state index in [0.29, 0.717) is 6.21 Å². The minimum atomic E-state index is -4.42. The average molecular weight is 217 g/mol. The lowest BCUT2D eigenvalue weighted by atomic mass is 10.1. The number of hydrogen-bond donors (Lipinski definition) is 1. The van der Waals surface area contributed by atoms with E-state index in [1.807, 2.05) is 0 Å². The Bertz CT molecular complexity index is 381. The first-order chi connectivity index (χ1) is 6.95. The molecule has 15 heavy (non-hydrogen) atoms. The first kappa shape index (κ1) is 11.2. The van der Waals surface area contributed by atoms with E-state index in [0.717, 1.165) is 24.3 Å². The van der Waals surface area contributed by atoms with Gasteiger partial charge in [-0.15, -0.1) is 0 Å². The molecule has 1 N–H and O–H groups in total. The van der Waals surface area contributed by atoms with E-state index >= 15 is 0 Å². The van der Waals surface area contributed by atoms with Crippen LogP contribution in [0, 0.1) is 0 Å². The number of benzene rings is 1. The molecule has 0 heterocycles. The van der Waals surface area contributed by atoms with Gasteiger partial charge in [0.05, 0.1) is 5.56 Å². The normalized spacial score (nSPS) is 11.9. The van der Waals surface area contributed by atoms with E-state index in [-0.39, 0.29) is 5.56 Å². The fraction of sp³-hybridized carbons (Fsp3) is 0.111. The monoisotopic (exact) mass is 217 g/mol. The fourth-order valence-corrected chi connectivity index (χ4v) is 0.950. The molecule has 0 aliphatic rings. The zero-order valence-corrected chi connectivity index (χ0v) is 7.32. The van der Waals surface area contributed by atoms with Gasteiger partial charge in [0.25, 0.3) is 0 Å². The van der Waals surface area contributed by atoms with Crippen molar-refractivity contribution in [1.82, 2.24) is 0 Å². The van der Waals surface area contributed by atoms with Crippen molar-refractivity contribution in [2.45, 2.75) is 6.18 Å². The van der Waals surface area contributed by atoms with Gasteiger partial charge < -0.3 is 5.21 Å². The summed E-state index contributed by atoms with van der Waals surface area (Å²) in [6.45, 7) is 0. The highest BCUT2D eigenvalue weighted by molar-refractivity contribution is 6.35. The van der Waals surface area contributed by atoms with Gasteiger partial charge in [0, 0.05) is 5.56 Å². The maximum absolute atomic E-state index is 12.1. The van der Waals surface area contributed by atoms with Crippen LogP contribution < -0.4 is 0 Å². The molecule has 0 radical (unpaired) electrons. The highest BCUT2D eigenvalue weighted by atomic mass is 19.4. The summed E-state index contributed by atoms with van der Waals surface area (Å²) in [4.78, 5) is 11.0. The molecule has 0 amide bonds. The second kappa shape index (κ2) is 4.12. The third kappa shape index (κ3) is 2.80. The lowest BCUT2D eigenvalue weighted by Crippen LogP contribution is -2.06. The molecule has 0 unspecified atom stereocenters. The number of carbonyl (C=O) groups is 1. The van der Waals surface area contributed by atoms with Gasteiger partial charge >= 0.3 is 6.18 Å². The highest BCUT2D eigenvalue weighted by Crippen LogP contribution is 2.28. The van der Waals surface area contributed by atoms with Crippen LogP contribution in [0.25, 0.3) is 0 Å². The van der Waals surface area contributed by atoms with Crippen LogP contribution in [0.1, 0.15) is 15.9 Å². The van der Waals surface area contributed by atoms with E-state index in [1.54, 1.807) is 0 Å². The predicted molar refractivity (Wildman–Crippen MR) is 46.1 cm³/mol.